The Hall–Kier alpha value is -2.06. The maximum Gasteiger partial charge on any atom is -0.0771 e. The molecule has 0 fully saturated rings. The van der Waals surface area contributed by atoms with E-state index in [4.69, 9.17) is 0 Å². The molecule has 0 bridgehead atoms. The molecule has 180 valence electrons. The van der Waals surface area contributed by atoms with Crippen LogP contribution in [0.2, 0.25) is 0 Å². The molecule has 0 N–H and O–H groups in total. The minimum Gasteiger partial charge on any atom is -0.126 e. The van der Waals surface area contributed by atoms with Crippen molar-refractivity contribution in [2.45, 2.75) is 19.3 Å². The van der Waals surface area contributed by atoms with Gasteiger partial charge in [0.1, 0.15) is 0 Å². The molecule has 0 nitrogen and oxygen atoms in total. The molecule has 6 rings (SSSR count). The Balaban J connectivity index is 0.000000205. The van der Waals surface area contributed by atoms with Crippen LogP contribution in [0.4, 0.5) is 0 Å². The number of rotatable bonds is 4. The van der Waals surface area contributed by atoms with Crippen LogP contribution < -0.4 is 34.0 Å². The van der Waals surface area contributed by atoms with Crippen LogP contribution in [-0.4, -0.2) is 3.21 Å². The average molecular weight is 676 g/mol. The first-order valence-electron chi connectivity index (χ1n) is 11.7. The van der Waals surface area contributed by atoms with Crippen molar-refractivity contribution in [3.8, 4) is 0 Å². The van der Waals surface area contributed by atoms with Gasteiger partial charge in [-0.05, 0) is 0 Å². The Morgan fingerprint density at radius 3 is 1.47 bits per heavy atom. The van der Waals surface area contributed by atoms with Gasteiger partial charge in [-0.3, -0.25) is 6.08 Å². The van der Waals surface area contributed by atoms with Gasteiger partial charge < -0.3 is 34.0 Å². The Morgan fingerprint density at radius 2 is 1.08 bits per heavy atom. The second-order valence-corrected chi connectivity index (χ2v) is 9.99. The third kappa shape index (κ3) is 9.43. The van der Waals surface area contributed by atoms with Crippen LogP contribution in [0.15, 0.2) is 133 Å². The normalized spacial score (nSPS) is 10.9. The van der Waals surface area contributed by atoms with Crippen LogP contribution in [0, 0.1) is 6.08 Å². The van der Waals surface area contributed by atoms with Crippen LogP contribution in [-0.2, 0) is 37.1 Å². The summed E-state index contributed by atoms with van der Waals surface area (Å²) in [6.07, 6.45) is 12.2. The number of fused-ring (bicyclic) bond motifs is 3. The molecule has 0 saturated heterocycles. The van der Waals surface area contributed by atoms with Crippen LogP contribution >= 0.6 is 0 Å². The van der Waals surface area contributed by atoms with Gasteiger partial charge in [-0.15, -0.1) is 46.2 Å². The van der Waals surface area contributed by atoms with Crippen LogP contribution in [0.5, 0.6) is 0 Å². The molecule has 1 aliphatic carbocycles. The minimum absolute atomic E-state index is 0. The number of hydrogen-bond donors (Lipinski definition) is 0. The fourth-order valence-electron chi connectivity index (χ4n) is 3.99. The van der Waals surface area contributed by atoms with Gasteiger partial charge >= 0.3 is 112 Å². The first kappa shape index (κ1) is 30.2. The Morgan fingerprint density at radius 1 is 0.639 bits per heavy atom. The number of benzene rings is 4. The van der Waals surface area contributed by atoms with Crippen molar-refractivity contribution in [3.63, 3.8) is 0 Å². The standard InChI is InChI=1S/C15H14.C13H9.C5H5.2BrH.Zr/c1-3-8-14(9-4-1)12-7-13-15-10-5-2-6-11-15;1-3-7-12-10(5-1)9-11-6-2-4-8-13(11)12;1-2-4-5-3-1;;;/h1-6,8-11H,12-13H2;1-9H;1-3H,4H2;2*1H;/q;2*-1;;;+2/p-2. The molecule has 0 aromatic heterocycles. The quantitative estimate of drug-likeness (QED) is 0.257. The maximum atomic E-state index is 2.99. The molecule has 3 heteroatoms. The van der Waals surface area contributed by atoms with Crippen molar-refractivity contribution < 1.29 is 58.2 Å². The molecule has 0 spiro atoms. The zero-order chi connectivity index (χ0) is 23.4. The molecule has 0 atom stereocenters. The summed E-state index contributed by atoms with van der Waals surface area (Å²) in [7, 11) is 0. The molecule has 0 radical (unpaired) electrons. The van der Waals surface area contributed by atoms with Crippen LogP contribution in [0.1, 0.15) is 17.5 Å². The van der Waals surface area contributed by atoms with E-state index in [1.165, 1.54) is 32.7 Å². The summed E-state index contributed by atoms with van der Waals surface area (Å²) in [6, 6.07) is 40.7. The first-order valence-corrected chi connectivity index (χ1v) is 12.9. The van der Waals surface area contributed by atoms with E-state index >= 15 is 0 Å². The Labute approximate surface area is 251 Å². The SMILES string of the molecule is [Br-].[Br-].[C-]1=CC=CC1.[Zr+2]=[C](Cc1ccccc1)Cc1ccccc1.c1ccc2c(c1)[cH-]c1ccccc12. The predicted molar refractivity (Wildman–Crippen MR) is 144 cm³/mol. The monoisotopic (exact) mass is 672 g/mol. The molecule has 0 amide bonds. The van der Waals surface area contributed by atoms with E-state index in [1.807, 2.05) is 12.2 Å². The Kier molecular flexibility index (Phi) is 13.9. The predicted octanol–water partition coefficient (Wildman–Crippen LogP) is 2.22. The molecule has 36 heavy (non-hydrogen) atoms. The van der Waals surface area contributed by atoms with E-state index < -0.39 is 0 Å². The third-order valence-electron chi connectivity index (χ3n) is 5.63. The second kappa shape index (κ2) is 16.6. The van der Waals surface area contributed by atoms with Crippen molar-refractivity contribution in [1.82, 2.24) is 0 Å². The largest absolute Gasteiger partial charge is 0.126 e. The summed E-state index contributed by atoms with van der Waals surface area (Å²) >= 11 is 1.55. The molecule has 0 unspecified atom stereocenters. The molecular formula is C33H28Br2Zr-2. The van der Waals surface area contributed by atoms with Crippen molar-refractivity contribution in [2.24, 2.45) is 0 Å². The zero-order valence-electron chi connectivity index (χ0n) is 20.1. The van der Waals surface area contributed by atoms with E-state index in [9.17, 15) is 0 Å². The maximum absolute atomic E-state index is 2.99. The molecule has 1 aliphatic rings. The van der Waals surface area contributed by atoms with Gasteiger partial charge in [-0.25, -0.2) is 12.2 Å². The van der Waals surface area contributed by atoms with Gasteiger partial charge in [0.05, 0.1) is 0 Å². The van der Waals surface area contributed by atoms with Crippen molar-refractivity contribution in [2.75, 3.05) is 0 Å². The molecule has 5 aromatic carbocycles. The minimum atomic E-state index is 0. The summed E-state index contributed by atoms with van der Waals surface area (Å²) in [6.45, 7) is 0. The van der Waals surface area contributed by atoms with Gasteiger partial charge in [-0.1, -0.05) is 36.4 Å². The van der Waals surface area contributed by atoms with E-state index in [0.29, 0.717) is 0 Å². The van der Waals surface area contributed by atoms with Gasteiger partial charge in [-0.2, -0.15) is 6.08 Å². The molecule has 0 heterocycles. The molecule has 0 aliphatic heterocycles. The number of hydrogen-bond acceptors (Lipinski definition) is 0. The van der Waals surface area contributed by atoms with Crippen molar-refractivity contribution in [1.29, 1.82) is 0 Å². The molecule has 0 saturated carbocycles. The number of halogens is 2. The van der Waals surface area contributed by atoms with E-state index in [-0.39, 0.29) is 34.0 Å². The Bertz CT molecular complexity index is 1280. The topological polar surface area (TPSA) is 0 Å². The molecular weight excluding hydrogens is 647 g/mol. The smallest absolute Gasteiger partial charge is 0.0771 e. The van der Waals surface area contributed by atoms with E-state index in [2.05, 4.69) is 127 Å². The fourth-order valence-corrected chi connectivity index (χ4v) is 4.99. The summed E-state index contributed by atoms with van der Waals surface area (Å²) in [4.78, 5) is 0. The van der Waals surface area contributed by atoms with Gasteiger partial charge in [0.2, 0.25) is 0 Å². The summed E-state index contributed by atoms with van der Waals surface area (Å²) < 4.78 is 1.60. The fraction of sp³-hybridized carbons (Fsp3) is 0.0909. The van der Waals surface area contributed by atoms with Crippen molar-refractivity contribution in [3.05, 3.63) is 151 Å². The third-order valence-corrected chi connectivity index (χ3v) is 6.50. The van der Waals surface area contributed by atoms with Crippen molar-refractivity contribution >= 4 is 24.8 Å². The summed E-state index contributed by atoms with van der Waals surface area (Å²) in [5, 5.41) is 5.39. The summed E-state index contributed by atoms with van der Waals surface area (Å²) in [5.74, 6) is 0. The zero-order valence-corrected chi connectivity index (χ0v) is 25.7. The van der Waals surface area contributed by atoms with Gasteiger partial charge in [0, 0.05) is 0 Å². The van der Waals surface area contributed by atoms with Gasteiger partial charge in [0.15, 0.2) is 0 Å². The van der Waals surface area contributed by atoms with Crippen LogP contribution in [0.25, 0.3) is 21.5 Å². The number of allylic oxidation sites excluding steroid dienone is 4. The second-order valence-electron chi connectivity index (χ2n) is 8.25. The van der Waals surface area contributed by atoms with E-state index in [1.54, 1.807) is 27.4 Å². The van der Waals surface area contributed by atoms with Crippen LogP contribution in [0.3, 0.4) is 0 Å². The average Bonchev–Trinajstić information content (AvgIpc) is 3.58. The van der Waals surface area contributed by atoms with E-state index in [0.717, 1.165) is 19.3 Å². The van der Waals surface area contributed by atoms with Gasteiger partial charge in [0.25, 0.3) is 0 Å². The first-order chi connectivity index (χ1) is 16.8. The summed E-state index contributed by atoms with van der Waals surface area (Å²) in [5.41, 5.74) is 2.84. The molecule has 5 aromatic rings.